The zero-order valence-electron chi connectivity index (χ0n) is 11.1. The standard InChI is InChI=1S/C14H19N3O/c1-10-4-5-12(11(2)16-10)13(18)6-7-14-15-8-9-17(14)3/h4-5,8-9,13,18H,6-7H2,1-3H3. The predicted octanol–water partition coefficient (Wildman–Crippen LogP) is 2.10. The molecule has 2 heterocycles. The Balaban J connectivity index is 2.03. The molecule has 18 heavy (non-hydrogen) atoms. The molecule has 1 unspecified atom stereocenters. The molecule has 0 aliphatic heterocycles. The van der Waals surface area contributed by atoms with Gasteiger partial charge in [0.25, 0.3) is 0 Å². The quantitative estimate of drug-likeness (QED) is 0.897. The second-order valence-electron chi connectivity index (χ2n) is 4.64. The fraction of sp³-hybridized carbons (Fsp3) is 0.429. The van der Waals surface area contributed by atoms with E-state index in [-0.39, 0.29) is 0 Å². The summed E-state index contributed by atoms with van der Waals surface area (Å²) in [5.41, 5.74) is 2.80. The Kier molecular flexibility index (Phi) is 3.77. The van der Waals surface area contributed by atoms with Crippen molar-refractivity contribution in [2.75, 3.05) is 0 Å². The first kappa shape index (κ1) is 12.8. The molecular weight excluding hydrogens is 226 g/mol. The van der Waals surface area contributed by atoms with Gasteiger partial charge in [0.2, 0.25) is 0 Å². The minimum Gasteiger partial charge on any atom is -0.388 e. The molecule has 0 fully saturated rings. The van der Waals surface area contributed by atoms with Crippen LogP contribution in [0.25, 0.3) is 0 Å². The van der Waals surface area contributed by atoms with Crippen LogP contribution in [0.3, 0.4) is 0 Å². The molecule has 0 amide bonds. The van der Waals surface area contributed by atoms with Crippen LogP contribution in [0.5, 0.6) is 0 Å². The number of hydrogen-bond acceptors (Lipinski definition) is 3. The Hall–Kier alpha value is -1.68. The van der Waals surface area contributed by atoms with Gasteiger partial charge in [-0.05, 0) is 26.3 Å². The summed E-state index contributed by atoms with van der Waals surface area (Å²) < 4.78 is 1.98. The van der Waals surface area contributed by atoms with Crippen molar-refractivity contribution in [1.82, 2.24) is 14.5 Å². The van der Waals surface area contributed by atoms with Gasteiger partial charge in [0.1, 0.15) is 5.82 Å². The first-order chi connectivity index (χ1) is 8.58. The minimum atomic E-state index is -0.477. The van der Waals surface area contributed by atoms with E-state index in [9.17, 15) is 5.11 Å². The smallest absolute Gasteiger partial charge is 0.108 e. The summed E-state index contributed by atoms with van der Waals surface area (Å²) in [6.45, 7) is 3.89. The summed E-state index contributed by atoms with van der Waals surface area (Å²) >= 11 is 0. The number of aliphatic hydroxyl groups is 1. The van der Waals surface area contributed by atoms with Gasteiger partial charge in [-0.15, -0.1) is 0 Å². The second-order valence-corrected chi connectivity index (χ2v) is 4.64. The van der Waals surface area contributed by atoms with Crippen LogP contribution in [-0.4, -0.2) is 19.6 Å². The van der Waals surface area contributed by atoms with E-state index in [2.05, 4.69) is 9.97 Å². The lowest BCUT2D eigenvalue weighted by molar-refractivity contribution is 0.165. The zero-order valence-corrected chi connectivity index (χ0v) is 11.1. The third-order valence-corrected chi connectivity index (χ3v) is 3.19. The Morgan fingerprint density at radius 3 is 2.72 bits per heavy atom. The van der Waals surface area contributed by atoms with Crippen LogP contribution in [0, 0.1) is 13.8 Å². The van der Waals surface area contributed by atoms with Crippen molar-refractivity contribution in [3.05, 3.63) is 47.3 Å². The van der Waals surface area contributed by atoms with Crippen LogP contribution < -0.4 is 0 Å². The van der Waals surface area contributed by atoms with Gasteiger partial charge in [-0.25, -0.2) is 4.98 Å². The predicted molar refractivity (Wildman–Crippen MR) is 70.2 cm³/mol. The fourth-order valence-electron chi connectivity index (χ4n) is 2.11. The molecule has 0 radical (unpaired) electrons. The van der Waals surface area contributed by atoms with Crippen molar-refractivity contribution in [3.8, 4) is 0 Å². The number of nitrogens with zero attached hydrogens (tertiary/aromatic N) is 3. The third-order valence-electron chi connectivity index (χ3n) is 3.19. The molecule has 0 bridgehead atoms. The van der Waals surface area contributed by atoms with E-state index in [4.69, 9.17) is 0 Å². The molecule has 0 aliphatic rings. The maximum absolute atomic E-state index is 10.2. The van der Waals surface area contributed by atoms with Crippen LogP contribution in [-0.2, 0) is 13.5 Å². The average molecular weight is 245 g/mol. The number of aryl methyl sites for hydroxylation is 4. The van der Waals surface area contributed by atoms with Crippen LogP contribution in [0.15, 0.2) is 24.5 Å². The van der Waals surface area contributed by atoms with Crippen molar-refractivity contribution >= 4 is 0 Å². The normalized spacial score (nSPS) is 12.7. The molecule has 0 spiro atoms. The van der Waals surface area contributed by atoms with E-state index >= 15 is 0 Å². The van der Waals surface area contributed by atoms with Crippen LogP contribution in [0.1, 0.15) is 35.3 Å². The van der Waals surface area contributed by atoms with Gasteiger partial charge in [-0.1, -0.05) is 6.07 Å². The van der Waals surface area contributed by atoms with Crippen LogP contribution in [0.4, 0.5) is 0 Å². The Labute approximate surface area is 107 Å². The highest BCUT2D eigenvalue weighted by Gasteiger charge is 2.12. The van der Waals surface area contributed by atoms with Crippen molar-refractivity contribution in [2.24, 2.45) is 7.05 Å². The molecule has 0 saturated heterocycles. The summed E-state index contributed by atoms with van der Waals surface area (Å²) in [7, 11) is 1.97. The van der Waals surface area contributed by atoms with Crippen molar-refractivity contribution in [1.29, 1.82) is 0 Å². The number of aliphatic hydroxyl groups excluding tert-OH is 1. The number of hydrogen-bond donors (Lipinski definition) is 1. The number of rotatable bonds is 4. The molecule has 0 saturated carbocycles. The largest absolute Gasteiger partial charge is 0.388 e. The highest BCUT2D eigenvalue weighted by Crippen LogP contribution is 2.21. The van der Waals surface area contributed by atoms with Crippen molar-refractivity contribution in [2.45, 2.75) is 32.8 Å². The van der Waals surface area contributed by atoms with E-state index in [1.807, 2.05) is 43.8 Å². The number of imidazole rings is 1. The van der Waals surface area contributed by atoms with E-state index in [1.54, 1.807) is 6.20 Å². The minimum absolute atomic E-state index is 0.477. The van der Waals surface area contributed by atoms with Crippen molar-refractivity contribution in [3.63, 3.8) is 0 Å². The molecule has 2 aromatic heterocycles. The van der Waals surface area contributed by atoms with E-state index in [1.165, 1.54) is 0 Å². The van der Waals surface area contributed by atoms with Crippen LogP contribution in [0.2, 0.25) is 0 Å². The summed E-state index contributed by atoms with van der Waals surface area (Å²) in [5.74, 6) is 0.992. The van der Waals surface area contributed by atoms with Gasteiger partial charge < -0.3 is 9.67 Å². The Morgan fingerprint density at radius 2 is 2.11 bits per heavy atom. The number of aromatic nitrogens is 3. The topological polar surface area (TPSA) is 50.9 Å². The third kappa shape index (κ3) is 2.76. The molecule has 4 nitrogen and oxygen atoms in total. The van der Waals surface area contributed by atoms with E-state index < -0.39 is 6.10 Å². The molecule has 4 heteroatoms. The number of pyridine rings is 1. The van der Waals surface area contributed by atoms with Gasteiger partial charge in [0.05, 0.1) is 6.10 Å². The van der Waals surface area contributed by atoms with E-state index in [0.29, 0.717) is 6.42 Å². The van der Waals surface area contributed by atoms with Gasteiger partial charge in [0.15, 0.2) is 0 Å². The van der Waals surface area contributed by atoms with Gasteiger partial charge in [-0.3, -0.25) is 4.98 Å². The lowest BCUT2D eigenvalue weighted by Crippen LogP contribution is -2.06. The van der Waals surface area contributed by atoms with Gasteiger partial charge in [0, 0.05) is 42.8 Å². The SMILES string of the molecule is Cc1ccc(C(O)CCc2nccn2C)c(C)n1. The highest BCUT2D eigenvalue weighted by molar-refractivity contribution is 5.23. The maximum Gasteiger partial charge on any atom is 0.108 e. The molecule has 0 aromatic carbocycles. The second kappa shape index (κ2) is 5.31. The highest BCUT2D eigenvalue weighted by atomic mass is 16.3. The molecule has 1 atom stereocenters. The summed E-state index contributed by atoms with van der Waals surface area (Å²) in [6, 6.07) is 3.90. The first-order valence-corrected chi connectivity index (χ1v) is 6.16. The first-order valence-electron chi connectivity index (χ1n) is 6.16. The lowest BCUT2D eigenvalue weighted by atomic mass is 10.0. The lowest BCUT2D eigenvalue weighted by Gasteiger charge is -2.13. The van der Waals surface area contributed by atoms with Gasteiger partial charge in [-0.2, -0.15) is 0 Å². The molecule has 96 valence electrons. The zero-order chi connectivity index (χ0) is 13.1. The maximum atomic E-state index is 10.2. The van der Waals surface area contributed by atoms with Gasteiger partial charge >= 0.3 is 0 Å². The summed E-state index contributed by atoms with van der Waals surface area (Å²) in [6.07, 6.45) is 4.64. The summed E-state index contributed by atoms with van der Waals surface area (Å²) in [4.78, 5) is 8.63. The fourth-order valence-corrected chi connectivity index (χ4v) is 2.11. The van der Waals surface area contributed by atoms with Crippen molar-refractivity contribution < 1.29 is 5.11 Å². The molecule has 2 aromatic rings. The van der Waals surface area contributed by atoms with Crippen LogP contribution >= 0.6 is 0 Å². The van der Waals surface area contributed by atoms with E-state index in [0.717, 1.165) is 29.2 Å². The molecule has 0 aliphatic carbocycles. The average Bonchev–Trinajstić information content (AvgIpc) is 2.72. The molecular formula is C14H19N3O. The monoisotopic (exact) mass is 245 g/mol. The molecule has 1 N–H and O–H groups in total. The molecule has 2 rings (SSSR count). The summed E-state index contributed by atoms with van der Waals surface area (Å²) in [5, 5.41) is 10.2. The Bertz CT molecular complexity index is 534. The Morgan fingerprint density at radius 1 is 1.33 bits per heavy atom.